The van der Waals surface area contributed by atoms with Gasteiger partial charge in [-0.1, -0.05) is 12.1 Å². The van der Waals surface area contributed by atoms with Crippen molar-refractivity contribution in [3.8, 4) is 5.75 Å². The zero-order valence-electron chi connectivity index (χ0n) is 11.0. The molecule has 0 radical (unpaired) electrons. The van der Waals surface area contributed by atoms with Crippen LogP contribution in [0.4, 0.5) is 0 Å². The van der Waals surface area contributed by atoms with Crippen LogP contribution in [0.2, 0.25) is 0 Å². The topological polar surface area (TPSA) is 48.7 Å². The van der Waals surface area contributed by atoms with Crippen LogP contribution in [0.15, 0.2) is 40.8 Å². The van der Waals surface area contributed by atoms with E-state index in [1.807, 2.05) is 24.3 Å². The van der Waals surface area contributed by atoms with Crippen LogP contribution in [0.1, 0.15) is 21.9 Å². The Kier molecular flexibility index (Phi) is 4.36. The van der Waals surface area contributed by atoms with Gasteiger partial charge in [-0.25, -0.2) is 0 Å². The molecule has 0 fully saturated rings. The first-order valence-electron chi connectivity index (χ1n) is 5.96. The minimum Gasteiger partial charge on any atom is -0.497 e. The molecular formula is C15H16O4. The molecule has 4 heteroatoms. The van der Waals surface area contributed by atoms with Gasteiger partial charge in [-0.05, 0) is 29.8 Å². The van der Waals surface area contributed by atoms with Crippen molar-refractivity contribution in [1.82, 2.24) is 0 Å². The summed E-state index contributed by atoms with van der Waals surface area (Å²) in [6.45, 7) is 0.367. The van der Waals surface area contributed by atoms with E-state index in [9.17, 15) is 4.79 Å². The van der Waals surface area contributed by atoms with Crippen LogP contribution in [0.3, 0.4) is 0 Å². The highest BCUT2D eigenvalue weighted by molar-refractivity contribution is 5.95. The summed E-state index contributed by atoms with van der Waals surface area (Å²) in [5.74, 6) is 1.69. The Morgan fingerprint density at radius 1 is 1.21 bits per heavy atom. The largest absolute Gasteiger partial charge is 0.497 e. The minimum absolute atomic E-state index is 0.0596. The molecule has 4 nitrogen and oxygen atoms in total. The number of ether oxygens (including phenoxy) is 2. The van der Waals surface area contributed by atoms with E-state index in [-0.39, 0.29) is 12.2 Å². The molecule has 1 aromatic carbocycles. The maximum absolute atomic E-state index is 12.1. The Bertz CT molecular complexity index is 557. The van der Waals surface area contributed by atoms with Gasteiger partial charge in [0, 0.05) is 13.5 Å². The molecule has 0 aliphatic carbocycles. The molecule has 0 atom stereocenters. The molecule has 2 aromatic rings. The fourth-order valence-corrected chi connectivity index (χ4v) is 1.80. The number of ketones is 1. The molecule has 0 aliphatic rings. The summed E-state index contributed by atoms with van der Waals surface area (Å²) in [7, 11) is 3.19. The van der Waals surface area contributed by atoms with Crippen LogP contribution in [0.5, 0.6) is 5.75 Å². The van der Waals surface area contributed by atoms with Crippen molar-refractivity contribution < 1.29 is 18.7 Å². The standard InChI is InChI=1S/C15H16O4/c1-17-10-13-6-7-15(19-13)14(16)9-11-4-3-5-12(8-11)18-2/h3-8H,9-10H2,1-2H3. The third kappa shape index (κ3) is 3.45. The third-order valence-electron chi connectivity index (χ3n) is 2.72. The summed E-state index contributed by atoms with van der Waals surface area (Å²) in [5.41, 5.74) is 0.897. The van der Waals surface area contributed by atoms with Crippen molar-refractivity contribution in [2.45, 2.75) is 13.0 Å². The molecule has 0 unspecified atom stereocenters. The molecule has 0 bridgehead atoms. The van der Waals surface area contributed by atoms with E-state index >= 15 is 0 Å². The molecule has 0 saturated heterocycles. The van der Waals surface area contributed by atoms with E-state index in [0.29, 0.717) is 18.1 Å². The van der Waals surface area contributed by atoms with Crippen molar-refractivity contribution in [1.29, 1.82) is 0 Å². The number of Topliss-reactive ketones (excluding diaryl/α,β-unsaturated/α-hetero) is 1. The van der Waals surface area contributed by atoms with E-state index in [2.05, 4.69) is 0 Å². The summed E-state index contributed by atoms with van der Waals surface area (Å²) >= 11 is 0. The SMILES string of the molecule is COCc1ccc(C(=O)Cc2cccc(OC)c2)o1. The Hall–Kier alpha value is -2.07. The molecule has 1 heterocycles. The smallest absolute Gasteiger partial charge is 0.202 e. The normalized spacial score (nSPS) is 10.4. The van der Waals surface area contributed by atoms with Gasteiger partial charge in [0.25, 0.3) is 0 Å². The number of furan rings is 1. The molecule has 0 N–H and O–H groups in total. The first kappa shape index (κ1) is 13.4. The first-order chi connectivity index (χ1) is 9.22. The molecule has 0 amide bonds. The zero-order chi connectivity index (χ0) is 13.7. The summed E-state index contributed by atoms with van der Waals surface area (Å²) in [5, 5.41) is 0. The van der Waals surface area contributed by atoms with Crippen molar-refractivity contribution >= 4 is 5.78 Å². The summed E-state index contributed by atoms with van der Waals surface area (Å²) < 4.78 is 15.5. The van der Waals surface area contributed by atoms with Gasteiger partial charge >= 0.3 is 0 Å². The second-order valence-electron chi connectivity index (χ2n) is 4.15. The second-order valence-corrected chi connectivity index (χ2v) is 4.15. The predicted octanol–water partition coefficient (Wildman–Crippen LogP) is 2.86. The van der Waals surface area contributed by atoms with Gasteiger partial charge < -0.3 is 13.9 Å². The molecule has 0 spiro atoms. The quantitative estimate of drug-likeness (QED) is 0.749. The van der Waals surface area contributed by atoms with E-state index < -0.39 is 0 Å². The van der Waals surface area contributed by atoms with E-state index in [4.69, 9.17) is 13.9 Å². The minimum atomic E-state index is -0.0596. The monoisotopic (exact) mass is 260 g/mol. The van der Waals surface area contributed by atoms with E-state index in [1.165, 1.54) is 0 Å². The lowest BCUT2D eigenvalue weighted by molar-refractivity contribution is 0.0957. The highest BCUT2D eigenvalue weighted by Gasteiger charge is 2.12. The number of hydrogen-bond acceptors (Lipinski definition) is 4. The van der Waals surface area contributed by atoms with Gasteiger partial charge in [-0.3, -0.25) is 4.79 Å². The van der Waals surface area contributed by atoms with Gasteiger partial charge in [0.05, 0.1) is 7.11 Å². The lowest BCUT2D eigenvalue weighted by Gasteiger charge is -2.03. The number of carbonyl (C=O) groups is 1. The molecular weight excluding hydrogens is 244 g/mol. The number of carbonyl (C=O) groups excluding carboxylic acids is 1. The second kappa shape index (κ2) is 6.20. The first-order valence-corrected chi connectivity index (χ1v) is 5.96. The average molecular weight is 260 g/mol. The highest BCUT2D eigenvalue weighted by atomic mass is 16.5. The molecule has 1 aromatic heterocycles. The van der Waals surface area contributed by atoms with Crippen LogP contribution in [0, 0.1) is 0 Å². The molecule has 19 heavy (non-hydrogen) atoms. The fraction of sp³-hybridized carbons (Fsp3) is 0.267. The van der Waals surface area contributed by atoms with Crippen LogP contribution < -0.4 is 4.74 Å². The number of methoxy groups -OCH3 is 2. The summed E-state index contributed by atoms with van der Waals surface area (Å²) in [6, 6.07) is 10.9. The van der Waals surface area contributed by atoms with Gasteiger partial charge in [0.1, 0.15) is 18.1 Å². The van der Waals surface area contributed by atoms with Crippen LogP contribution in [-0.2, 0) is 17.8 Å². The van der Waals surface area contributed by atoms with Gasteiger partial charge in [0.15, 0.2) is 5.76 Å². The number of hydrogen-bond donors (Lipinski definition) is 0. The molecule has 2 rings (SSSR count). The van der Waals surface area contributed by atoms with Gasteiger partial charge in [0.2, 0.25) is 5.78 Å². The highest BCUT2D eigenvalue weighted by Crippen LogP contribution is 2.16. The van der Waals surface area contributed by atoms with Crippen molar-refractivity contribution in [2.75, 3.05) is 14.2 Å². The average Bonchev–Trinajstić information content (AvgIpc) is 2.88. The lowest BCUT2D eigenvalue weighted by atomic mass is 10.1. The van der Waals surface area contributed by atoms with Crippen LogP contribution in [-0.4, -0.2) is 20.0 Å². The van der Waals surface area contributed by atoms with Crippen molar-refractivity contribution in [3.05, 3.63) is 53.5 Å². The Balaban J connectivity index is 2.06. The Morgan fingerprint density at radius 3 is 2.79 bits per heavy atom. The maximum Gasteiger partial charge on any atom is 0.202 e. The lowest BCUT2D eigenvalue weighted by Crippen LogP contribution is -2.02. The fourth-order valence-electron chi connectivity index (χ4n) is 1.80. The molecule has 0 aliphatic heterocycles. The van der Waals surface area contributed by atoms with Crippen LogP contribution >= 0.6 is 0 Å². The predicted molar refractivity (Wildman–Crippen MR) is 70.4 cm³/mol. The van der Waals surface area contributed by atoms with Gasteiger partial charge in [-0.15, -0.1) is 0 Å². The van der Waals surface area contributed by atoms with E-state index in [0.717, 1.165) is 11.3 Å². The van der Waals surface area contributed by atoms with Crippen LogP contribution in [0.25, 0.3) is 0 Å². The van der Waals surface area contributed by atoms with Gasteiger partial charge in [-0.2, -0.15) is 0 Å². The zero-order valence-corrected chi connectivity index (χ0v) is 11.0. The number of benzene rings is 1. The van der Waals surface area contributed by atoms with E-state index in [1.54, 1.807) is 26.4 Å². The Morgan fingerprint density at radius 2 is 2.05 bits per heavy atom. The third-order valence-corrected chi connectivity index (χ3v) is 2.72. The maximum atomic E-state index is 12.1. The van der Waals surface area contributed by atoms with Crippen molar-refractivity contribution in [3.63, 3.8) is 0 Å². The molecule has 100 valence electrons. The summed E-state index contributed by atoms with van der Waals surface area (Å²) in [4.78, 5) is 12.1. The number of rotatable bonds is 6. The van der Waals surface area contributed by atoms with Crippen molar-refractivity contribution in [2.24, 2.45) is 0 Å². The Labute approximate surface area is 111 Å². The summed E-state index contributed by atoms with van der Waals surface area (Å²) in [6.07, 6.45) is 0.289. The molecule has 0 saturated carbocycles.